The largest absolute Gasteiger partial charge is 0.481 e. The second kappa shape index (κ2) is 15.7. The minimum atomic E-state index is -0.717. The average Bonchev–Trinajstić information content (AvgIpc) is 2.45. The van der Waals surface area contributed by atoms with Crippen molar-refractivity contribution in [2.75, 3.05) is 0 Å². The molecule has 0 spiro atoms. The molecule has 0 heterocycles. The molecule has 0 aromatic rings. The first-order chi connectivity index (χ1) is 10.2. The van der Waals surface area contributed by atoms with E-state index < -0.39 is 5.97 Å². The maximum absolute atomic E-state index is 10.3. The summed E-state index contributed by atoms with van der Waals surface area (Å²) in [6.07, 6.45) is 20.4. The van der Waals surface area contributed by atoms with E-state index in [0.29, 0.717) is 0 Å². The smallest absolute Gasteiger partial charge is 0.303 e. The maximum Gasteiger partial charge on any atom is 0.303 e. The number of allylic oxidation sites excluding steroid dienone is 6. The number of unbranched alkanes of at least 4 members (excludes halogenated alkanes) is 5. The SMILES string of the molecule is [2H][C@H](/C=C\C/C=C\CCCC[14C](=O)O)/C=C\CCCCC. The van der Waals surface area contributed by atoms with Gasteiger partial charge in [-0.05, 0) is 44.9 Å². The molecule has 1 atom stereocenters. The molecule has 0 aliphatic carbocycles. The van der Waals surface area contributed by atoms with Crippen LogP contribution in [-0.2, 0) is 4.79 Å². The van der Waals surface area contributed by atoms with Gasteiger partial charge in [0.25, 0.3) is 0 Å². The van der Waals surface area contributed by atoms with Gasteiger partial charge in [-0.15, -0.1) is 0 Å². The summed E-state index contributed by atoms with van der Waals surface area (Å²) < 4.78 is 7.81. The van der Waals surface area contributed by atoms with E-state index in [1.165, 1.54) is 19.3 Å². The van der Waals surface area contributed by atoms with Gasteiger partial charge >= 0.3 is 5.97 Å². The van der Waals surface area contributed by atoms with E-state index in [0.717, 1.165) is 32.1 Å². The van der Waals surface area contributed by atoms with Crippen LogP contribution in [0.5, 0.6) is 0 Å². The van der Waals surface area contributed by atoms with Crippen molar-refractivity contribution in [2.24, 2.45) is 0 Å². The first-order valence-electron chi connectivity index (χ1n) is 8.37. The predicted octanol–water partition coefficient (Wildman–Crippen LogP) is 5.66. The Morgan fingerprint density at radius 3 is 2.25 bits per heavy atom. The van der Waals surface area contributed by atoms with E-state index >= 15 is 0 Å². The Labute approximate surface area is 125 Å². The number of rotatable bonds is 13. The van der Waals surface area contributed by atoms with Gasteiger partial charge in [0.1, 0.15) is 0 Å². The Bertz CT molecular complexity index is 332. The van der Waals surface area contributed by atoms with E-state index in [4.69, 9.17) is 6.48 Å². The van der Waals surface area contributed by atoms with Crippen LogP contribution in [0.2, 0.25) is 0 Å². The normalized spacial score (nSPS) is 14.3. The highest BCUT2D eigenvalue weighted by Gasteiger charge is 1.93. The fraction of sp³-hybridized carbons (Fsp3) is 0.611. The van der Waals surface area contributed by atoms with Gasteiger partial charge in [0.2, 0.25) is 0 Å². The Balaban J connectivity index is 3.54. The number of carbonyl (C=O) groups is 1. The van der Waals surface area contributed by atoms with Gasteiger partial charge in [0, 0.05) is 7.79 Å². The fourth-order valence-electron chi connectivity index (χ4n) is 1.74. The maximum atomic E-state index is 10.3. The van der Waals surface area contributed by atoms with E-state index in [1.807, 2.05) is 18.2 Å². The number of carboxylic acid groups (broad SMARTS) is 1. The number of hydrogen-bond acceptors (Lipinski definition) is 1. The Hall–Kier alpha value is -1.31. The minimum absolute atomic E-state index is 0.240. The lowest BCUT2D eigenvalue weighted by Crippen LogP contribution is -1.92. The first-order valence-corrected chi connectivity index (χ1v) is 7.79. The highest BCUT2D eigenvalue weighted by molar-refractivity contribution is 5.66. The summed E-state index contributed by atoms with van der Waals surface area (Å²) in [6, 6.07) is 0. The van der Waals surface area contributed by atoms with Crippen LogP contribution in [0.3, 0.4) is 0 Å². The molecule has 2 heteroatoms. The molecule has 1 N–H and O–H groups in total. The van der Waals surface area contributed by atoms with Crippen LogP contribution in [0.4, 0.5) is 0 Å². The lowest BCUT2D eigenvalue weighted by atomic mass is 10.2. The lowest BCUT2D eigenvalue weighted by molar-refractivity contribution is -0.137. The summed E-state index contributed by atoms with van der Waals surface area (Å²) in [6.45, 7) is 2.19. The zero-order valence-electron chi connectivity index (χ0n) is 13.8. The van der Waals surface area contributed by atoms with Crippen LogP contribution in [0.15, 0.2) is 36.5 Å². The van der Waals surface area contributed by atoms with Crippen molar-refractivity contribution in [3.8, 4) is 0 Å². The lowest BCUT2D eigenvalue weighted by Gasteiger charge is -1.92. The fourth-order valence-corrected chi connectivity index (χ4v) is 1.74. The molecule has 0 aliphatic heterocycles. The number of carboxylic acids is 1. The van der Waals surface area contributed by atoms with Crippen LogP contribution < -0.4 is 0 Å². The predicted molar refractivity (Wildman–Crippen MR) is 86.9 cm³/mol. The Morgan fingerprint density at radius 2 is 1.55 bits per heavy atom. The minimum Gasteiger partial charge on any atom is -0.481 e. The molecule has 20 heavy (non-hydrogen) atoms. The number of aliphatic carboxylic acids is 1. The summed E-state index contributed by atoms with van der Waals surface area (Å²) in [5.74, 6) is -0.717. The molecule has 0 saturated heterocycles. The van der Waals surface area contributed by atoms with Gasteiger partial charge < -0.3 is 5.11 Å². The van der Waals surface area contributed by atoms with E-state index in [1.54, 1.807) is 0 Å². The third-order valence-corrected chi connectivity index (χ3v) is 2.92. The van der Waals surface area contributed by atoms with Gasteiger partial charge in [-0.3, -0.25) is 4.79 Å². The molecule has 0 aromatic carbocycles. The summed E-state index contributed by atoms with van der Waals surface area (Å²) in [5, 5.41) is 8.49. The van der Waals surface area contributed by atoms with Gasteiger partial charge in [0.05, 0.1) is 0 Å². The van der Waals surface area contributed by atoms with E-state index in [2.05, 4.69) is 25.2 Å². The van der Waals surface area contributed by atoms with Crippen molar-refractivity contribution in [3.63, 3.8) is 0 Å². The molecule has 0 saturated carbocycles. The van der Waals surface area contributed by atoms with E-state index in [-0.39, 0.29) is 12.8 Å². The molecule has 114 valence electrons. The summed E-state index contributed by atoms with van der Waals surface area (Å²) in [7, 11) is 0. The van der Waals surface area contributed by atoms with E-state index in [9.17, 15) is 4.79 Å². The second-order valence-corrected chi connectivity index (χ2v) is 4.89. The Morgan fingerprint density at radius 1 is 0.950 bits per heavy atom. The monoisotopic (exact) mass is 281 g/mol. The topological polar surface area (TPSA) is 37.3 Å². The molecule has 0 bridgehead atoms. The van der Waals surface area contributed by atoms with Gasteiger partial charge in [-0.1, -0.05) is 56.2 Å². The molecule has 0 unspecified atom stereocenters. The molecule has 0 aromatic heterocycles. The van der Waals surface area contributed by atoms with Crippen LogP contribution in [0.25, 0.3) is 0 Å². The van der Waals surface area contributed by atoms with Crippen molar-refractivity contribution < 1.29 is 11.3 Å². The second-order valence-electron chi connectivity index (χ2n) is 4.89. The molecule has 2 nitrogen and oxygen atoms in total. The van der Waals surface area contributed by atoms with Gasteiger partial charge in [-0.25, -0.2) is 0 Å². The molecule has 0 amide bonds. The summed E-state index contributed by atoms with van der Waals surface area (Å²) in [5.41, 5.74) is 0. The van der Waals surface area contributed by atoms with Crippen LogP contribution in [0, 0.1) is 0 Å². The zero-order chi connectivity index (χ0) is 15.8. The van der Waals surface area contributed by atoms with Crippen molar-refractivity contribution in [1.29, 1.82) is 0 Å². The highest BCUT2D eigenvalue weighted by atomic mass is 16.6. The van der Waals surface area contributed by atoms with Crippen molar-refractivity contribution in [3.05, 3.63) is 36.5 Å². The van der Waals surface area contributed by atoms with Crippen LogP contribution in [-0.4, -0.2) is 11.1 Å². The molecule has 0 fully saturated rings. The molecule has 0 radical (unpaired) electrons. The molecule has 0 rings (SSSR count). The average molecular weight is 281 g/mol. The van der Waals surface area contributed by atoms with Crippen molar-refractivity contribution >= 4 is 5.97 Å². The first kappa shape index (κ1) is 16.7. The third kappa shape index (κ3) is 16.7. The van der Waals surface area contributed by atoms with Crippen LogP contribution in [0.1, 0.15) is 72.5 Å². The number of hydrogen-bond donors (Lipinski definition) is 1. The van der Waals surface area contributed by atoms with Crippen LogP contribution >= 0.6 is 0 Å². The molecular weight excluding hydrogens is 250 g/mol. The summed E-state index contributed by atoms with van der Waals surface area (Å²) >= 11 is 0. The highest BCUT2D eigenvalue weighted by Crippen LogP contribution is 2.02. The van der Waals surface area contributed by atoms with Gasteiger partial charge in [-0.2, -0.15) is 0 Å². The summed E-state index contributed by atoms with van der Waals surface area (Å²) in [4.78, 5) is 10.3. The van der Waals surface area contributed by atoms with Gasteiger partial charge in [0.15, 0.2) is 0 Å². The molecule has 0 aliphatic rings. The van der Waals surface area contributed by atoms with Crippen molar-refractivity contribution in [2.45, 2.75) is 71.1 Å². The Kier molecular flexibility index (Phi) is 13.2. The molecular formula is C18H30O2. The standard InChI is InChI=1S/C18H30O2/c1-2-3-4-5-6-7-8-9-10-11-12-13-14-15-16-17-18(19)20/h6-7,9-10,12-13H,2-5,8,11,14-17H2,1H3,(H,19,20)/b7-6-,10-9-,13-12-/i8D,18+2/t8-/m0/s1. The quantitative estimate of drug-likeness (QED) is 0.349. The van der Waals surface area contributed by atoms with Crippen molar-refractivity contribution in [1.82, 2.24) is 0 Å². The third-order valence-electron chi connectivity index (χ3n) is 2.92. The zero-order valence-corrected chi connectivity index (χ0v) is 12.8.